The van der Waals surface area contributed by atoms with Crippen LogP contribution in [-0.4, -0.2) is 36.5 Å². The summed E-state index contributed by atoms with van der Waals surface area (Å²) >= 11 is 0. The number of carbonyl (C=O) groups excluding carboxylic acids is 1. The van der Waals surface area contributed by atoms with Gasteiger partial charge in [-0.2, -0.15) is 0 Å². The van der Waals surface area contributed by atoms with Gasteiger partial charge < -0.3 is 10.2 Å². The molecule has 1 N–H and O–H groups in total. The van der Waals surface area contributed by atoms with Gasteiger partial charge in [0, 0.05) is 25.6 Å². The van der Waals surface area contributed by atoms with Crippen LogP contribution in [0, 0.1) is 0 Å². The van der Waals surface area contributed by atoms with Gasteiger partial charge in [-0.05, 0) is 32.2 Å². The lowest BCUT2D eigenvalue weighted by molar-refractivity contribution is -0.131. The predicted molar refractivity (Wildman–Crippen MR) is 60.7 cm³/mol. The zero-order chi connectivity index (χ0) is 10.5. The highest BCUT2D eigenvalue weighted by atomic mass is 16.2. The van der Waals surface area contributed by atoms with E-state index in [0.717, 1.165) is 26.1 Å². The fourth-order valence-corrected chi connectivity index (χ4v) is 2.59. The molecule has 86 valence electrons. The van der Waals surface area contributed by atoms with E-state index in [2.05, 4.69) is 10.2 Å². The molecular formula is C12H22N2O. The van der Waals surface area contributed by atoms with Crippen molar-refractivity contribution >= 4 is 5.91 Å². The van der Waals surface area contributed by atoms with E-state index in [9.17, 15) is 4.79 Å². The summed E-state index contributed by atoms with van der Waals surface area (Å²) in [4.78, 5) is 14.1. The van der Waals surface area contributed by atoms with Gasteiger partial charge in [-0.25, -0.2) is 0 Å². The number of hydrogen-bond donors (Lipinski definition) is 1. The van der Waals surface area contributed by atoms with E-state index in [1.165, 1.54) is 38.5 Å². The molecule has 1 atom stereocenters. The summed E-state index contributed by atoms with van der Waals surface area (Å²) in [5.41, 5.74) is 0. The van der Waals surface area contributed by atoms with E-state index < -0.39 is 0 Å². The van der Waals surface area contributed by atoms with Crippen molar-refractivity contribution in [3.05, 3.63) is 0 Å². The predicted octanol–water partition coefficient (Wildman–Crippen LogP) is 1.53. The van der Waals surface area contributed by atoms with E-state index in [0.29, 0.717) is 11.9 Å². The smallest absolute Gasteiger partial charge is 0.224 e. The molecule has 2 aliphatic rings. The average molecular weight is 210 g/mol. The Labute approximate surface area is 92.2 Å². The number of hydrogen-bond acceptors (Lipinski definition) is 2. The first-order valence-electron chi connectivity index (χ1n) is 6.37. The Morgan fingerprint density at radius 1 is 1.13 bits per heavy atom. The summed E-state index contributed by atoms with van der Waals surface area (Å²) in [5, 5.41) is 3.39. The highest BCUT2D eigenvalue weighted by molar-refractivity contribution is 5.76. The monoisotopic (exact) mass is 210 g/mol. The maximum absolute atomic E-state index is 12.0. The van der Waals surface area contributed by atoms with Crippen molar-refractivity contribution in [2.75, 3.05) is 19.6 Å². The van der Waals surface area contributed by atoms with Crippen molar-refractivity contribution < 1.29 is 4.79 Å². The molecule has 2 aliphatic heterocycles. The first-order chi connectivity index (χ1) is 7.36. The normalized spacial score (nSPS) is 27.7. The molecule has 0 aliphatic carbocycles. The summed E-state index contributed by atoms with van der Waals surface area (Å²) < 4.78 is 0. The first kappa shape index (κ1) is 10.9. The molecule has 3 heteroatoms. The van der Waals surface area contributed by atoms with Gasteiger partial charge in [-0.15, -0.1) is 0 Å². The molecule has 1 amide bonds. The summed E-state index contributed by atoms with van der Waals surface area (Å²) in [6.07, 6.45) is 8.13. The standard InChI is InChI=1S/C12H22N2O/c15-12(10-11-6-5-7-13-11)14-8-3-1-2-4-9-14/h11,13H,1-10H2. The Bertz CT molecular complexity index is 204. The van der Waals surface area contributed by atoms with E-state index in [1.807, 2.05) is 0 Å². The van der Waals surface area contributed by atoms with Crippen LogP contribution in [0.5, 0.6) is 0 Å². The highest BCUT2D eigenvalue weighted by Crippen LogP contribution is 2.14. The van der Waals surface area contributed by atoms with Crippen LogP contribution in [0.1, 0.15) is 44.9 Å². The van der Waals surface area contributed by atoms with Crippen LogP contribution in [-0.2, 0) is 4.79 Å². The summed E-state index contributed by atoms with van der Waals surface area (Å²) in [6.45, 7) is 3.08. The molecule has 2 heterocycles. The molecule has 0 aromatic heterocycles. The maximum atomic E-state index is 12.0. The zero-order valence-electron chi connectivity index (χ0n) is 9.50. The number of nitrogens with one attached hydrogen (secondary N) is 1. The molecule has 0 radical (unpaired) electrons. The minimum Gasteiger partial charge on any atom is -0.343 e. The topological polar surface area (TPSA) is 32.3 Å². The summed E-state index contributed by atoms with van der Waals surface area (Å²) in [6, 6.07) is 0.459. The molecule has 0 bridgehead atoms. The maximum Gasteiger partial charge on any atom is 0.224 e. The number of amides is 1. The molecule has 2 rings (SSSR count). The summed E-state index contributed by atoms with van der Waals surface area (Å²) in [7, 11) is 0. The number of nitrogens with zero attached hydrogens (tertiary/aromatic N) is 1. The molecule has 2 saturated heterocycles. The molecule has 0 aromatic rings. The van der Waals surface area contributed by atoms with Crippen LogP contribution in [0.4, 0.5) is 0 Å². The molecule has 15 heavy (non-hydrogen) atoms. The van der Waals surface area contributed by atoms with Crippen molar-refractivity contribution in [1.29, 1.82) is 0 Å². The number of likely N-dealkylation sites (tertiary alicyclic amines) is 1. The van der Waals surface area contributed by atoms with Gasteiger partial charge in [0.2, 0.25) is 5.91 Å². The second-order valence-corrected chi connectivity index (χ2v) is 4.79. The van der Waals surface area contributed by atoms with E-state index in [-0.39, 0.29) is 0 Å². The average Bonchev–Trinajstić information content (AvgIpc) is 2.58. The third-order valence-corrected chi connectivity index (χ3v) is 3.54. The van der Waals surface area contributed by atoms with E-state index in [4.69, 9.17) is 0 Å². The lowest BCUT2D eigenvalue weighted by Gasteiger charge is -2.22. The largest absolute Gasteiger partial charge is 0.343 e. The van der Waals surface area contributed by atoms with Crippen LogP contribution in [0.15, 0.2) is 0 Å². The van der Waals surface area contributed by atoms with Gasteiger partial charge in [-0.1, -0.05) is 12.8 Å². The van der Waals surface area contributed by atoms with Crippen LogP contribution < -0.4 is 5.32 Å². The molecule has 3 nitrogen and oxygen atoms in total. The number of rotatable bonds is 2. The summed E-state index contributed by atoms with van der Waals surface area (Å²) in [5.74, 6) is 0.372. The van der Waals surface area contributed by atoms with Gasteiger partial charge in [0.05, 0.1) is 0 Å². The first-order valence-corrected chi connectivity index (χ1v) is 6.37. The molecule has 0 spiro atoms. The van der Waals surface area contributed by atoms with Crippen molar-refractivity contribution in [3.8, 4) is 0 Å². The van der Waals surface area contributed by atoms with Crippen LogP contribution in [0.3, 0.4) is 0 Å². The van der Waals surface area contributed by atoms with Gasteiger partial charge >= 0.3 is 0 Å². The third-order valence-electron chi connectivity index (χ3n) is 3.54. The van der Waals surface area contributed by atoms with Gasteiger partial charge in [0.15, 0.2) is 0 Å². The fraction of sp³-hybridized carbons (Fsp3) is 0.917. The zero-order valence-corrected chi connectivity index (χ0v) is 9.50. The minimum atomic E-state index is 0.372. The molecular weight excluding hydrogens is 188 g/mol. The quantitative estimate of drug-likeness (QED) is 0.749. The fourth-order valence-electron chi connectivity index (χ4n) is 2.59. The van der Waals surface area contributed by atoms with E-state index >= 15 is 0 Å². The van der Waals surface area contributed by atoms with Crippen molar-refractivity contribution in [2.24, 2.45) is 0 Å². The third kappa shape index (κ3) is 3.20. The molecule has 2 fully saturated rings. The Morgan fingerprint density at radius 3 is 2.47 bits per heavy atom. The lowest BCUT2D eigenvalue weighted by atomic mass is 10.1. The Morgan fingerprint density at radius 2 is 1.87 bits per heavy atom. The van der Waals surface area contributed by atoms with Crippen molar-refractivity contribution in [1.82, 2.24) is 10.2 Å². The Balaban J connectivity index is 1.77. The number of carbonyl (C=O) groups is 1. The van der Waals surface area contributed by atoms with Gasteiger partial charge in [0.25, 0.3) is 0 Å². The van der Waals surface area contributed by atoms with Gasteiger partial charge in [0.1, 0.15) is 0 Å². The molecule has 1 unspecified atom stereocenters. The van der Waals surface area contributed by atoms with Crippen LogP contribution >= 0.6 is 0 Å². The highest BCUT2D eigenvalue weighted by Gasteiger charge is 2.21. The van der Waals surface area contributed by atoms with E-state index in [1.54, 1.807) is 0 Å². The van der Waals surface area contributed by atoms with Crippen LogP contribution in [0.25, 0.3) is 0 Å². The second-order valence-electron chi connectivity index (χ2n) is 4.79. The molecule has 0 aromatic carbocycles. The second kappa shape index (κ2) is 5.50. The minimum absolute atomic E-state index is 0.372. The van der Waals surface area contributed by atoms with Crippen molar-refractivity contribution in [3.63, 3.8) is 0 Å². The molecule has 0 saturated carbocycles. The lowest BCUT2D eigenvalue weighted by Crippen LogP contribution is -2.36. The Kier molecular flexibility index (Phi) is 4.01. The van der Waals surface area contributed by atoms with Crippen molar-refractivity contribution in [2.45, 2.75) is 51.0 Å². The SMILES string of the molecule is O=C(CC1CCCN1)N1CCCCCC1. The Hall–Kier alpha value is -0.570. The van der Waals surface area contributed by atoms with Gasteiger partial charge in [-0.3, -0.25) is 4.79 Å². The van der Waals surface area contributed by atoms with Crippen LogP contribution in [0.2, 0.25) is 0 Å².